The van der Waals surface area contributed by atoms with Gasteiger partial charge in [0.25, 0.3) is 0 Å². The Balaban J connectivity index is 1.69. The summed E-state index contributed by atoms with van der Waals surface area (Å²) < 4.78 is 50.6. The van der Waals surface area contributed by atoms with Crippen LogP contribution < -0.4 is 11.1 Å². The molecule has 174 valence electrons. The molecule has 0 aliphatic rings. The third kappa shape index (κ3) is 8.65. The van der Waals surface area contributed by atoms with E-state index in [1.807, 2.05) is 0 Å². The van der Waals surface area contributed by atoms with E-state index >= 15 is 0 Å². The average Bonchev–Trinajstić information content (AvgIpc) is 3.27. The van der Waals surface area contributed by atoms with Crippen LogP contribution in [-0.2, 0) is 19.7 Å². The summed E-state index contributed by atoms with van der Waals surface area (Å²) in [6.45, 7) is 2.74. The van der Waals surface area contributed by atoms with Crippen molar-refractivity contribution in [2.75, 3.05) is 25.4 Å². The van der Waals surface area contributed by atoms with Crippen LogP contribution in [0.4, 0.5) is 0 Å². The van der Waals surface area contributed by atoms with E-state index in [0.717, 1.165) is 69.5 Å². The molecule has 31 heavy (non-hydrogen) atoms. The monoisotopic (exact) mass is 486 g/mol. The van der Waals surface area contributed by atoms with Gasteiger partial charge in [-0.25, -0.2) is 16.8 Å². The third-order valence-electron chi connectivity index (χ3n) is 5.05. The molecular formula is C22H34N2O4S3. The predicted molar refractivity (Wildman–Crippen MR) is 127 cm³/mol. The van der Waals surface area contributed by atoms with Crippen molar-refractivity contribution >= 4 is 31.0 Å². The van der Waals surface area contributed by atoms with Gasteiger partial charge >= 0.3 is 0 Å². The first-order chi connectivity index (χ1) is 14.9. The number of thiophene rings is 1. The van der Waals surface area contributed by atoms with E-state index in [1.165, 1.54) is 30.0 Å². The lowest BCUT2D eigenvalue weighted by Gasteiger charge is -2.05. The van der Waals surface area contributed by atoms with E-state index in [2.05, 4.69) is 5.32 Å². The number of nitrogens with two attached hydrogens (primary N) is 1. The fourth-order valence-corrected chi connectivity index (χ4v) is 7.65. The third-order valence-corrected chi connectivity index (χ3v) is 10.3. The van der Waals surface area contributed by atoms with Crippen LogP contribution in [0.5, 0.6) is 0 Å². The summed E-state index contributed by atoms with van der Waals surface area (Å²) in [6.07, 6.45) is 8.12. The van der Waals surface area contributed by atoms with Crippen molar-refractivity contribution in [3.05, 3.63) is 41.8 Å². The minimum absolute atomic E-state index is 0.0415. The second-order valence-electron chi connectivity index (χ2n) is 7.60. The minimum atomic E-state index is -3.69. The van der Waals surface area contributed by atoms with Crippen LogP contribution in [0.25, 0.3) is 0 Å². The van der Waals surface area contributed by atoms with Gasteiger partial charge in [-0.1, -0.05) is 50.3 Å². The van der Waals surface area contributed by atoms with E-state index in [1.54, 1.807) is 18.2 Å². The van der Waals surface area contributed by atoms with Crippen molar-refractivity contribution in [3.8, 4) is 0 Å². The number of benzene rings is 1. The summed E-state index contributed by atoms with van der Waals surface area (Å²) in [6, 6.07) is 9.36. The molecule has 0 aliphatic carbocycles. The Morgan fingerprint density at radius 3 is 2.06 bits per heavy atom. The Hall–Kier alpha value is -1.26. The molecule has 0 unspecified atom stereocenters. The Kier molecular flexibility index (Phi) is 11.2. The molecule has 0 fully saturated rings. The van der Waals surface area contributed by atoms with Crippen molar-refractivity contribution in [2.24, 2.45) is 5.73 Å². The standard InChI is InChI=1S/C22H34N2O4S3/c23-14-11-16-24-15-9-4-2-1-3-5-10-17-30(25,26)22-18-21(19-29-22)31(27,28)20-12-7-6-8-13-20/h6-8,12-13,18-19,24H,1-5,9-11,14-17,23H2. The van der Waals surface area contributed by atoms with E-state index in [9.17, 15) is 16.8 Å². The summed E-state index contributed by atoms with van der Waals surface area (Å²) in [5, 5.41) is 4.78. The maximum Gasteiger partial charge on any atom is 0.207 e. The van der Waals surface area contributed by atoms with E-state index in [4.69, 9.17) is 5.73 Å². The number of sulfone groups is 2. The Labute approximate surface area is 191 Å². The van der Waals surface area contributed by atoms with E-state index in [0.29, 0.717) is 6.42 Å². The number of hydrogen-bond donors (Lipinski definition) is 2. The lowest BCUT2D eigenvalue weighted by atomic mass is 10.1. The van der Waals surface area contributed by atoms with E-state index in [-0.39, 0.29) is 19.8 Å². The van der Waals surface area contributed by atoms with Gasteiger partial charge in [0.05, 0.1) is 15.5 Å². The molecule has 9 heteroatoms. The summed E-state index contributed by atoms with van der Waals surface area (Å²) in [4.78, 5) is 0.211. The van der Waals surface area contributed by atoms with Crippen LogP contribution in [-0.4, -0.2) is 42.2 Å². The lowest BCUT2D eigenvalue weighted by Crippen LogP contribution is -2.19. The predicted octanol–water partition coefficient (Wildman–Crippen LogP) is 4.02. The maximum atomic E-state index is 12.6. The van der Waals surface area contributed by atoms with Gasteiger partial charge in [-0.2, -0.15) is 0 Å². The van der Waals surface area contributed by atoms with Crippen molar-refractivity contribution in [3.63, 3.8) is 0 Å². The van der Waals surface area contributed by atoms with Gasteiger partial charge in [-0.15, -0.1) is 11.3 Å². The van der Waals surface area contributed by atoms with Crippen molar-refractivity contribution in [1.82, 2.24) is 5.32 Å². The molecule has 0 radical (unpaired) electrons. The first-order valence-corrected chi connectivity index (χ1v) is 14.9. The van der Waals surface area contributed by atoms with Crippen molar-refractivity contribution in [2.45, 2.75) is 65.4 Å². The molecule has 3 N–H and O–H groups in total. The van der Waals surface area contributed by atoms with Crippen molar-refractivity contribution in [1.29, 1.82) is 0 Å². The highest BCUT2D eigenvalue weighted by Gasteiger charge is 2.23. The molecule has 0 bridgehead atoms. The zero-order valence-electron chi connectivity index (χ0n) is 18.0. The fourth-order valence-electron chi connectivity index (χ4n) is 3.22. The molecule has 2 aromatic rings. The molecule has 0 saturated carbocycles. The molecule has 6 nitrogen and oxygen atoms in total. The molecule has 0 amide bonds. The molecule has 0 aliphatic heterocycles. The summed E-state index contributed by atoms with van der Waals surface area (Å²) in [7, 11) is -7.15. The normalized spacial score (nSPS) is 12.3. The largest absolute Gasteiger partial charge is 0.330 e. The second-order valence-corrected chi connectivity index (χ2v) is 12.8. The summed E-state index contributed by atoms with van der Waals surface area (Å²) in [5.41, 5.74) is 5.45. The topological polar surface area (TPSA) is 106 Å². The number of unbranched alkanes of at least 4 members (excludes halogenated alkanes) is 6. The Morgan fingerprint density at radius 1 is 0.774 bits per heavy atom. The molecule has 1 heterocycles. The molecule has 0 atom stereocenters. The van der Waals surface area contributed by atoms with Gasteiger partial charge in [-0.05, 0) is 57.1 Å². The van der Waals surface area contributed by atoms with Gasteiger partial charge < -0.3 is 11.1 Å². The highest BCUT2D eigenvalue weighted by Crippen LogP contribution is 2.29. The number of hydrogen-bond acceptors (Lipinski definition) is 7. The molecular weight excluding hydrogens is 452 g/mol. The molecule has 0 spiro atoms. The number of rotatable bonds is 16. The SMILES string of the molecule is NCCCNCCCCCCCCCS(=O)(=O)c1cc(S(=O)(=O)c2ccccc2)cs1. The van der Waals surface area contributed by atoms with Gasteiger partial charge in [0.1, 0.15) is 4.21 Å². The smallest absolute Gasteiger partial charge is 0.207 e. The van der Waals surface area contributed by atoms with E-state index < -0.39 is 19.7 Å². The Bertz CT molecular complexity index is 971. The zero-order chi connectivity index (χ0) is 22.6. The molecule has 1 aromatic carbocycles. The zero-order valence-corrected chi connectivity index (χ0v) is 20.4. The van der Waals surface area contributed by atoms with Crippen molar-refractivity contribution < 1.29 is 16.8 Å². The summed E-state index contributed by atoms with van der Waals surface area (Å²) in [5.74, 6) is 0.0589. The molecule has 0 saturated heterocycles. The first-order valence-electron chi connectivity index (χ1n) is 10.9. The molecule has 1 aromatic heterocycles. The van der Waals surface area contributed by atoms with Gasteiger partial charge in [-0.3, -0.25) is 0 Å². The quantitative estimate of drug-likeness (QED) is 0.347. The summed E-state index contributed by atoms with van der Waals surface area (Å²) >= 11 is 0.982. The van der Waals surface area contributed by atoms with Crippen LogP contribution >= 0.6 is 11.3 Å². The Morgan fingerprint density at radius 2 is 1.39 bits per heavy atom. The fraction of sp³-hybridized carbons (Fsp3) is 0.545. The van der Waals surface area contributed by atoms with Crippen LogP contribution in [0.1, 0.15) is 51.4 Å². The van der Waals surface area contributed by atoms with Gasteiger partial charge in [0.15, 0.2) is 9.84 Å². The van der Waals surface area contributed by atoms with Crippen LogP contribution in [0, 0.1) is 0 Å². The average molecular weight is 487 g/mol. The van der Waals surface area contributed by atoms with Gasteiger partial charge in [0.2, 0.25) is 9.84 Å². The van der Waals surface area contributed by atoms with Crippen LogP contribution in [0.2, 0.25) is 0 Å². The first kappa shape index (κ1) is 26.0. The highest BCUT2D eigenvalue weighted by atomic mass is 32.2. The minimum Gasteiger partial charge on any atom is -0.330 e. The number of nitrogens with one attached hydrogen (secondary N) is 1. The second kappa shape index (κ2) is 13.3. The maximum absolute atomic E-state index is 12.6. The highest BCUT2D eigenvalue weighted by molar-refractivity contribution is 7.94. The van der Waals surface area contributed by atoms with Gasteiger partial charge in [0, 0.05) is 5.38 Å². The van der Waals surface area contributed by atoms with Crippen LogP contribution in [0.15, 0.2) is 55.8 Å². The lowest BCUT2D eigenvalue weighted by molar-refractivity contribution is 0.555. The molecule has 2 rings (SSSR count). The van der Waals surface area contributed by atoms with Crippen LogP contribution in [0.3, 0.4) is 0 Å².